The van der Waals surface area contributed by atoms with Crippen molar-refractivity contribution in [3.05, 3.63) is 41.7 Å². The molecule has 0 amide bonds. The number of hydrogen-bond donors (Lipinski definition) is 0. The minimum atomic E-state index is -4.27. The van der Waals surface area contributed by atoms with Gasteiger partial charge in [0, 0.05) is 17.5 Å². The van der Waals surface area contributed by atoms with Crippen LogP contribution >= 0.6 is 0 Å². The Kier molecular flexibility index (Phi) is 4.21. The Hall–Kier alpha value is -2.51. The molecule has 0 saturated heterocycles. The van der Waals surface area contributed by atoms with Crippen molar-refractivity contribution < 1.29 is 27.1 Å². The summed E-state index contributed by atoms with van der Waals surface area (Å²) >= 11 is 0. The number of alkyl halides is 4. The summed E-state index contributed by atoms with van der Waals surface area (Å²) in [6.07, 6.45) is -0.399. The third-order valence-corrected chi connectivity index (χ3v) is 3.70. The zero-order valence-electron chi connectivity index (χ0n) is 12.3. The predicted molar refractivity (Wildman–Crippen MR) is 76.6 cm³/mol. The van der Waals surface area contributed by atoms with E-state index in [0.29, 0.717) is 29.7 Å². The van der Waals surface area contributed by atoms with E-state index in [2.05, 4.69) is 14.7 Å². The van der Waals surface area contributed by atoms with Crippen molar-refractivity contribution in [3.8, 4) is 17.1 Å². The summed E-state index contributed by atoms with van der Waals surface area (Å²) in [4.78, 5) is 19.7. The van der Waals surface area contributed by atoms with Crippen LogP contribution in [0.2, 0.25) is 0 Å². The molecule has 0 spiro atoms. The van der Waals surface area contributed by atoms with E-state index in [0.717, 1.165) is 11.8 Å². The highest BCUT2D eigenvalue weighted by Gasteiger charge is 2.41. The maximum absolute atomic E-state index is 12.9. The van der Waals surface area contributed by atoms with Gasteiger partial charge in [-0.2, -0.15) is 8.78 Å². The Bertz CT molecular complexity index is 780. The van der Waals surface area contributed by atoms with Crippen LogP contribution in [0.4, 0.5) is 17.6 Å². The quantitative estimate of drug-likeness (QED) is 0.781. The first-order chi connectivity index (χ1) is 11.4. The molecule has 8 heteroatoms. The van der Waals surface area contributed by atoms with Crippen LogP contribution in [0.1, 0.15) is 22.3 Å². The van der Waals surface area contributed by atoms with Crippen molar-refractivity contribution in [3.63, 3.8) is 0 Å². The smallest absolute Gasteiger partial charge is 0.340 e. The molecule has 0 unspecified atom stereocenters. The van der Waals surface area contributed by atoms with Gasteiger partial charge in [-0.3, -0.25) is 9.78 Å². The molecule has 1 heterocycles. The molecule has 0 atom stereocenters. The number of carbonyl (C=O) groups excluding carboxylic acids is 1. The van der Waals surface area contributed by atoms with Gasteiger partial charge in [-0.25, -0.2) is 13.8 Å². The Balaban J connectivity index is 1.86. The summed E-state index contributed by atoms with van der Waals surface area (Å²) in [5.74, 6) is -4.52. The van der Waals surface area contributed by atoms with Gasteiger partial charge in [-0.15, -0.1) is 0 Å². The molecule has 4 nitrogen and oxygen atoms in total. The second-order valence-electron chi connectivity index (χ2n) is 5.35. The van der Waals surface area contributed by atoms with Crippen LogP contribution < -0.4 is 4.74 Å². The summed E-state index contributed by atoms with van der Waals surface area (Å²) in [5.41, 5.74) is 2.40. The topological polar surface area (TPSA) is 52.1 Å². The molecular weight excluding hydrogens is 328 g/mol. The summed E-state index contributed by atoms with van der Waals surface area (Å²) in [7, 11) is 0. The van der Waals surface area contributed by atoms with Crippen LogP contribution in [0.3, 0.4) is 0 Å². The lowest BCUT2D eigenvalue weighted by molar-refractivity contribution is -0.148. The number of rotatable bonds is 5. The standard InChI is InChI=1S/C16H12F4N2O2/c17-15(18)16(19,20)8-24-14-7-21-6-12(22-14)10-2-1-3-11-9(10)4-5-13(11)23/h1-3,6-7,15H,4-5,8H2. The van der Waals surface area contributed by atoms with Crippen molar-refractivity contribution in [1.29, 1.82) is 0 Å². The second-order valence-corrected chi connectivity index (χ2v) is 5.35. The SMILES string of the molecule is O=C1CCc2c1cccc2-c1cncc(OCC(F)(F)C(F)F)n1. The lowest BCUT2D eigenvalue weighted by atomic mass is 10.0. The fourth-order valence-corrected chi connectivity index (χ4v) is 2.51. The highest BCUT2D eigenvalue weighted by molar-refractivity contribution is 6.02. The van der Waals surface area contributed by atoms with Gasteiger partial charge in [0.2, 0.25) is 5.88 Å². The van der Waals surface area contributed by atoms with Crippen LogP contribution in [0.25, 0.3) is 11.3 Å². The van der Waals surface area contributed by atoms with Crippen molar-refractivity contribution in [1.82, 2.24) is 9.97 Å². The van der Waals surface area contributed by atoms with Gasteiger partial charge in [0.25, 0.3) is 0 Å². The number of halogens is 4. The van der Waals surface area contributed by atoms with Crippen LogP contribution in [0.5, 0.6) is 5.88 Å². The van der Waals surface area contributed by atoms with E-state index in [1.807, 2.05) is 0 Å². The number of Topliss-reactive ketones (excluding diaryl/α,β-unsaturated/α-hetero) is 1. The average molecular weight is 340 g/mol. The minimum absolute atomic E-state index is 0.0313. The number of benzene rings is 1. The monoisotopic (exact) mass is 340 g/mol. The first-order valence-corrected chi connectivity index (χ1v) is 7.15. The number of carbonyl (C=O) groups is 1. The molecule has 3 rings (SSSR count). The molecule has 0 N–H and O–H groups in total. The van der Waals surface area contributed by atoms with E-state index in [-0.39, 0.29) is 11.7 Å². The Morgan fingerprint density at radius 2 is 1.92 bits per heavy atom. The van der Waals surface area contributed by atoms with E-state index < -0.39 is 19.0 Å². The molecule has 1 aromatic heterocycles. The summed E-state index contributed by atoms with van der Waals surface area (Å²) < 4.78 is 54.8. The van der Waals surface area contributed by atoms with Gasteiger partial charge in [0.1, 0.15) is 0 Å². The van der Waals surface area contributed by atoms with E-state index in [4.69, 9.17) is 0 Å². The van der Waals surface area contributed by atoms with Crippen molar-refractivity contribution in [2.24, 2.45) is 0 Å². The first-order valence-electron chi connectivity index (χ1n) is 7.15. The predicted octanol–water partition coefficient (Wildman–Crippen LogP) is 3.55. The van der Waals surface area contributed by atoms with Crippen LogP contribution in [0, 0.1) is 0 Å². The molecule has 1 aliphatic rings. The largest absolute Gasteiger partial charge is 0.470 e. The summed E-state index contributed by atoms with van der Waals surface area (Å²) in [6, 6.07) is 5.14. The number of nitrogens with zero attached hydrogens (tertiary/aromatic N) is 2. The lowest BCUT2D eigenvalue weighted by Gasteiger charge is -2.15. The molecule has 0 radical (unpaired) electrons. The summed E-state index contributed by atoms with van der Waals surface area (Å²) in [5, 5.41) is 0. The molecule has 2 aromatic rings. The molecule has 24 heavy (non-hydrogen) atoms. The van der Waals surface area contributed by atoms with Crippen molar-refractivity contribution >= 4 is 5.78 Å². The number of aromatic nitrogens is 2. The van der Waals surface area contributed by atoms with Gasteiger partial charge >= 0.3 is 12.3 Å². The van der Waals surface area contributed by atoms with Crippen LogP contribution in [0.15, 0.2) is 30.6 Å². The summed E-state index contributed by atoms with van der Waals surface area (Å²) in [6.45, 7) is -1.49. The number of hydrogen-bond acceptors (Lipinski definition) is 4. The normalized spacial score (nSPS) is 14.1. The first kappa shape index (κ1) is 16.4. The lowest BCUT2D eigenvalue weighted by Crippen LogP contribution is -2.33. The van der Waals surface area contributed by atoms with E-state index in [1.165, 1.54) is 6.20 Å². The number of ether oxygens (including phenoxy) is 1. The number of ketones is 1. The Labute approximate surface area is 134 Å². The van der Waals surface area contributed by atoms with Crippen LogP contribution in [-0.4, -0.2) is 34.7 Å². The van der Waals surface area contributed by atoms with Gasteiger partial charge < -0.3 is 4.74 Å². The fraction of sp³-hybridized carbons (Fsp3) is 0.312. The fourth-order valence-electron chi connectivity index (χ4n) is 2.51. The molecule has 0 aliphatic heterocycles. The maximum atomic E-state index is 12.9. The molecule has 0 bridgehead atoms. The zero-order chi connectivity index (χ0) is 17.3. The maximum Gasteiger partial charge on any atom is 0.340 e. The second kappa shape index (κ2) is 6.18. The molecule has 1 aromatic carbocycles. The van der Waals surface area contributed by atoms with Crippen molar-refractivity contribution in [2.45, 2.75) is 25.2 Å². The third-order valence-electron chi connectivity index (χ3n) is 3.70. The minimum Gasteiger partial charge on any atom is -0.470 e. The highest BCUT2D eigenvalue weighted by Crippen LogP contribution is 2.32. The van der Waals surface area contributed by atoms with E-state index >= 15 is 0 Å². The van der Waals surface area contributed by atoms with Gasteiger partial charge in [-0.1, -0.05) is 18.2 Å². The molecule has 0 fully saturated rings. The molecule has 0 saturated carbocycles. The zero-order valence-corrected chi connectivity index (χ0v) is 12.3. The van der Waals surface area contributed by atoms with Crippen molar-refractivity contribution in [2.75, 3.05) is 6.61 Å². The third kappa shape index (κ3) is 3.08. The molecule has 126 valence electrons. The van der Waals surface area contributed by atoms with Crippen LogP contribution in [-0.2, 0) is 6.42 Å². The van der Waals surface area contributed by atoms with E-state index in [9.17, 15) is 22.4 Å². The van der Waals surface area contributed by atoms with E-state index in [1.54, 1.807) is 18.2 Å². The Morgan fingerprint density at radius 3 is 2.67 bits per heavy atom. The average Bonchev–Trinajstić information content (AvgIpc) is 2.95. The molecular formula is C16H12F4N2O2. The number of fused-ring (bicyclic) bond motifs is 1. The van der Waals surface area contributed by atoms with Gasteiger partial charge in [0.05, 0.1) is 18.1 Å². The highest BCUT2D eigenvalue weighted by atomic mass is 19.3. The van der Waals surface area contributed by atoms with Gasteiger partial charge in [0.15, 0.2) is 12.4 Å². The molecule has 1 aliphatic carbocycles. The van der Waals surface area contributed by atoms with Gasteiger partial charge in [-0.05, 0) is 12.0 Å². The Morgan fingerprint density at radius 1 is 1.17 bits per heavy atom.